The van der Waals surface area contributed by atoms with Crippen LogP contribution in [-0.2, 0) is 20.2 Å². The molecule has 1 heterocycles. The fourth-order valence-electron chi connectivity index (χ4n) is 4.50. The lowest BCUT2D eigenvalue weighted by atomic mass is 10.1. The van der Waals surface area contributed by atoms with Gasteiger partial charge in [0.2, 0.25) is 17.8 Å². The summed E-state index contributed by atoms with van der Waals surface area (Å²) in [6.07, 6.45) is 0. The Morgan fingerprint density at radius 3 is 1.87 bits per heavy atom. The second-order valence-corrected chi connectivity index (χ2v) is 14.1. The van der Waals surface area contributed by atoms with Crippen LogP contribution in [0.2, 0.25) is 0 Å². The third kappa shape index (κ3) is 11.5. The molecule has 0 amide bonds. The number of ether oxygens (including phenoxy) is 1. The van der Waals surface area contributed by atoms with Gasteiger partial charge < -0.3 is 41.8 Å². The minimum Gasteiger partial charge on any atom is -0.494 e. The number of nitrogens with zero attached hydrogens (tertiary/aromatic N) is 5. The molecule has 0 saturated heterocycles. The summed E-state index contributed by atoms with van der Waals surface area (Å²) in [5.74, 6) is -3.03. The van der Waals surface area contributed by atoms with E-state index in [0.29, 0.717) is 22.7 Å². The van der Waals surface area contributed by atoms with Crippen LogP contribution < -0.4 is 31.5 Å². The van der Waals surface area contributed by atoms with Crippen molar-refractivity contribution in [1.82, 2.24) is 15.0 Å². The van der Waals surface area contributed by atoms with E-state index in [1.54, 1.807) is 36.4 Å². The second-order valence-electron chi connectivity index (χ2n) is 11.1. The smallest absolute Gasteiger partial charge is 0.335 e. The van der Waals surface area contributed by atoms with E-state index in [-0.39, 0.29) is 57.5 Å². The maximum Gasteiger partial charge on any atom is 0.335 e. The quantitative estimate of drug-likeness (QED) is 0.0333. The number of azo groups is 1. The summed E-state index contributed by atoms with van der Waals surface area (Å²) in [5.41, 5.74) is 7.22. The number of hydrazine groups is 1. The average molecular weight is 795 g/mol. The van der Waals surface area contributed by atoms with Crippen molar-refractivity contribution in [3.05, 3.63) is 96.1 Å². The van der Waals surface area contributed by atoms with Gasteiger partial charge in [0.05, 0.1) is 57.3 Å². The topological polar surface area (TPSA) is 316 Å². The zero-order chi connectivity index (χ0) is 39.8. The zero-order valence-corrected chi connectivity index (χ0v) is 29.8. The van der Waals surface area contributed by atoms with E-state index < -0.39 is 37.9 Å². The maximum absolute atomic E-state index is 11.4. The number of nitrogens with one attached hydrogen (secondary N) is 5. The van der Waals surface area contributed by atoms with Gasteiger partial charge in [-0.25, -0.2) is 9.59 Å². The number of rotatable bonds is 17. The van der Waals surface area contributed by atoms with E-state index in [9.17, 15) is 41.2 Å². The minimum atomic E-state index is -4.44. The van der Waals surface area contributed by atoms with E-state index in [0.717, 1.165) is 12.1 Å². The Labute approximate surface area is 312 Å². The summed E-state index contributed by atoms with van der Waals surface area (Å²) in [5, 5.41) is 35.4. The van der Waals surface area contributed by atoms with Gasteiger partial charge in [0.1, 0.15) is 5.75 Å². The van der Waals surface area contributed by atoms with Crippen LogP contribution >= 0.6 is 0 Å². The number of aromatic carboxylic acids is 2. The Morgan fingerprint density at radius 2 is 1.27 bits per heavy atom. The molecule has 286 valence electrons. The van der Waals surface area contributed by atoms with Crippen LogP contribution in [-0.4, -0.2) is 82.5 Å². The van der Waals surface area contributed by atoms with Crippen LogP contribution in [0.25, 0.3) is 0 Å². The molecule has 55 heavy (non-hydrogen) atoms. The van der Waals surface area contributed by atoms with Gasteiger partial charge in [0, 0.05) is 18.3 Å². The van der Waals surface area contributed by atoms with Gasteiger partial charge in [-0.15, -0.1) is 0 Å². The van der Waals surface area contributed by atoms with Gasteiger partial charge in [-0.2, -0.15) is 42.0 Å². The molecule has 0 aliphatic carbocycles. The molecule has 0 saturated carbocycles. The van der Waals surface area contributed by atoms with Crippen molar-refractivity contribution >= 4 is 84.1 Å². The van der Waals surface area contributed by atoms with E-state index in [1.165, 1.54) is 43.5 Å². The van der Waals surface area contributed by atoms with Gasteiger partial charge in [0.15, 0.2) is 0 Å². The highest BCUT2D eigenvalue weighted by atomic mass is 32.2. The fourth-order valence-corrected chi connectivity index (χ4v) is 5.38. The first-order valence-electron chi connectivity index (χ1n) is 15.4. The van der Waals surface area contributed by atoms with E-state index >= 15 is 0 Å². The van der Waals surface area contributed by atoms with Gasteiger partial charge in [-0.05, 0) is 72.8 Å². The van der Waals surface area contributed by atoms with Crippen molar-refractivity contribution in [2.45, 2.75) is 4.90 Å². The fraction of sp³-hybridized carbons (Fsp3) is 0.0938. The third-order valence-corrected chi connectivity index (χ3v) is 8.60. The molecular weight excluding hydrogens is 765 g/mol. The lowest BCUT2D eigenvalue weighted by Gasteiger charge is -2.14. The molecule has 0 aliphatic rings. The SMILES string of the molecule is COc1cc(N=Nc2cccc(S(=O)(=O)O)c2)ccc1Nc1nc(NCCS(=O)(=O)O)nc(Nc2ccc(NNc3cc(C(=O)O)cc(C(=O)O)c3)cc2)n1. The number of carboxylic acid groups (broad SMARTS) is 2. The van der Waals surface area contributed by atoms with Gasteiger partial charge >= 0.3 is 11.9 Å². The second kappa shape index (κ2) is 16.8. The molecule has 21 nitrogen and oxygen atoms in total. The molecule has 4 aromatic carbocycles. The monoisotopic (exact) mass is 794 g/mol. The van der Waals surface area contributed by atoms with Crippen molar-refractivity contribution < 1.29 is 50.5 Å². The van der Waals surface area contributed by atoms with E-state index in [1.807, 2.05) is 0 Å². The maximum atomic E-state index is 11.4. The number of benzene rings is 4. The Bertz CT molecular complexity index is 2450. The lowest BCUT2D eigenvalue weighted by molar-refractivity contribution is 0.0696. The molecule has 5 aromatic rings. The minimum absolute atomic E-state index is 0.00823. The van der Waals surface area contributed by atoms with Crippen LogP contribution in [0.15, 0.2) is 100 Å². The molecule has 23 heteroatoms. The molecule has 9 N–H and O–H groups in total. The van der Waals surface area contributed by atoms with Crippen LogP contribution in [0.1, 0.15) is 20.7 Å². The highest BCUT2D eigenvalue weighted by molar-refractivity contribution is 7.86. The van der Waals surface area contributed by atoms with Crippen LogP contribution in [0.4, 0.5) is 52.0 Å². The van der Waals surface area contributed by atoms with Crippen molar-refractivity contribution in [2.24, 2.45) is 10.2 Å². The first-order chi connectivity index (χ1) is 26.0. The Balaban J connectivity index is 1.33. The number of carboxylic acids is 2. The Kier molecular flexibility index (Phi) is 12.0. The molecule has 0 aliphatic heterocycles. The summed E-state index contributed by atoms with van der Waals surface area (Å²) in [6, 6.07) is 20.0. The first-order valence-corrected chi connectivity index (χ1v) is 18.5. The summed E-state index contributed by atoms with van der Waals surface area (Å²) >= 11 is 0. The summed E-state index contributed by atoms with van der Waals surface area (Å²) in [6.45, 7) is -0.241. The summed E-state index contributed by atoms with van der Waals surface area (Å²) < 4.78 is 69.4. The average Bonchev–Trinajstić information content (AvgIpc) is 3.13. The lowest BCUT2D eigenvalue weighted by Crippen LogP contribution is -2.17. The zero-order valence-electron chi connectivity index (χ0n) is 28.2. The van der Waals surface area contributed by atoms with Crippen LogP contribution in [0.5, 0.6) is 5.75 Å². The first kappa shape index (κ1) is 39.3. The van der Waals surface area contributed by atoms with Gasteiger partial charge in [0.25, 0.3) is 20.2 Å². The molecule has 0 atom stereocenters. The standard InChI is InChI=1S/C32H30N10O11S2/c1-53-27-17-23(41-40-22-3-2-4-25(16-22)55(50,51)52)9-10-26(27)35-32-37-30(33-11-12-54(47,48)49)36-31(38-32)34-20-5-7-21(8-6-20)39-42-24-14-18(28(43)44)13-19(15-24)29(45)46/h2-10,13-17,39,42H,11-12H2,1H3,(H,43,44)(H,45,46)(H,47,48,49)(H,50,51,52)(H3,33,34,35,36,37,38). The molecule has 0 radical (unpaired) electrons. The van der Waals surface area contributed by atoms with Gasteiger partial charge in [-0.3, -0.25) is 9.11 Å². The van der Waals surface area contributed by atoms with Crippen molar-refractivity contribution in [3.8, 4) is 5.75 Å². The highest BCUT2D eigenvalue weighted by Gasteiger charge is 2.14. The van der Waals surface area contributed by atoms with Crippen LogP contribution in [0, 0.1) is 0 Å². The number of anilines is 7. The van der Waals surface area contributed by atoms with Gasteiger partial charge in [-0.1, -0.05) is 6.07 Å². The normalized spacial score (nSPS) is 11.5. The predicted molar refractivity (Wildman–Crippen MR) is 199 cm³/mol. The van der Waals surface area contributed by atoms with E-state index in [2.05, 4.69) is 52.0 Å². The molecular formula is C32H30N10O11S2. The van der Waals surface area contributed by atoms with E-state index in [4.69, 9.17) is 9.29 Å². The predicted octanol–water partition coefficient (Wildman–Crippen LogP) is 5.16. The number of methoxy groups -OCH3 is 1. The van der Waals surface area contributed by atoms with Crippen molar-refractivity contribution in [2.75, 3.05) is 46.2 Å². The highest BCUT2D eigenvalue weighted by Crippen LogP contribution is 2.32. The third-order valence-electron chi connectivity index (χ3n) is 7.03. The largest absolute Gasteiger partial charge is 0.494 e. The number of carbonyl (C=O) groups is 2. The molecule has 0 unspecified atom stereocenters. The van der Waals surface area contributed by atoms with Crippen molar-refractivity contribution in [1.29, 1.82) is 0 Å². The summed E-state index contributed by atoms with van der Waals surface area (Å²) in [4.78, 5) is 35.4. The van der Waals surface area contributed by atoms with Crippen molar-refractivity contribution in [3.63, 3.8) is 0 Å². The number of hydrogen-bond donors (Lipinski definition) is 9. The molecule has 0 fully saturated rings. The number of hydrogen-bond acceptors (Lipinski definition) is 17. The molecule has 1 aromatic heterocycles. The molecule has 0 bridgehead atoms. The molecule has 0 spiro atoms. The van der Waals surface area contributed by atoms with Crippen LogP contribution in [0.3, 0.4) is 0 Å². The molecule has 5 rings (SSSR count). The number of aromatic nitrogens is 3. The summed E-state index contributed by atoms with van der Waals surface area (Å²) in [7, 11) is -7.33. The Morgan fingerprint density at radius 1 is 0.691 bits per heavy atom. The Hall–Kier alpha value is -6.95.